The van der Waals surface area contributed by atoms with Gasteiger partial charge in [-0.3, -0.25) is 5.41 Å². The van der Waals surface area contributed by atoms with Crippen LogP contribution in [0.15, 0.2) is 49.1 Å². The lowest BCUT2D eigenvalue weighted by molar-refractivity contribution is 0.647. The predicted octanol–water partition coefficient (Wildman–Crippen LogP) is 2.96. The van der Waals surface area contributed by atoms with Gasteiger partial charge in [0, 0.05) is 24.8 Å². The summed E-state index contributed by atoms with van der Waals surface area (Å²) in [6, 6.07) is 7.30. The van der Waals surface area contributed by atoms with Gasteiger partial charge in [-0.15, -0.1) is 0 Å². The molecule has 0 aromatic carbocycles. The molecular formula is C15H13Cl2N5. The average Bonchev–Trinajstić information content (AvgIpc) is 2.85. The summed E-state index contributed by atoms with van der Waals surface area (Å²) in [6.07, 6.45) is 7.19. The molecule has 0 saturated heterocycles. The molecule has 0 saturated carbocycles. The van der Waals surface area contributed by atoms with E-state index in [4.69, 9.17) is 28.6 Å². The lowest BCUT2D eigenvalue weighted by Crippen LogP contribution is -2.25. The van der Waals surface area contributed by atoms with Gasteiger partial charge in [0.2, 0.25) is 5.62 Å². The van der Waals surface area contributed by atoms with E-state index in [0.717, 1.165) is 11.1 Å². The Morgan fingerprint density at radius 2 is 1.27 bits per heavy atom. The maximum Gasteiger partial charge on any atom is 0.202 e. The van der Waals surface area contributed by atoms with Gasteiger partial charge in [0.05, 0.1) is 13.1 Å². The van der Waals surface area contributed by atoms with Gasteiger partial charge < -0.3 is 9.13 Å². The molecule has 22 heavy (non-hydrogen) atoms. The SMILES string of the molecule is N=c1n(Cc2ccc(Cl)nc2)ccn1Cc1ccc(Cl)nc1. The molecule has 0 amide bonds. The summed E-state index contributed by atoms with van der Waals surface area (Å²) < 4.78 is 3.68. The second kappa shape index (κ2) is 6.34. The fraction of sp³-hybridized carbons (Fsp3) is 0.133. The second-order valence-corrected chi connectivity index (χ2v) is 5.63. The van der Waals surface area contributed by atoms with Gasteiger partial charge in [-0.1, -0.05) is 35.3 Å². The van der Waals surface area contributed by atoms with Crippen molar-refractivity contribution in [2.75, 3.05) is 0 Å². The molecule has 0 aliphatic rings. The highest BCUT2D eigenvalue weighted by Gasteiger charge is 2.03. The van der Waals surface area contributed by atoms with Gasteiger partial charge >= 0.3 is 0 Å². The molecule has 3 aromatic rings. The molecular weight excluding hydrogens is 321 g/mol. The van der Waals surface area contributed by atoms with Gasteiger partial charge in [0.1, 0.15) is 10.3 Å². The number of pyridine rings is 2. The van der Waals surface area contributed by atoms with Crippen molar-refractivity contribution in [2.45, 2.75) is 13.1 Å². The first-order valence-corrected chi connectivity index (χ1v) is 7.38. The quantitative estimate of drug-likeness (QED) is 0.746. The van der Waals surface area contributed by atoms with Crippen molar-refractivity contribution in [2.24, 2.45) is 0 Å². The van der Waals surface area contributed by atoms with Gasteiger partial charge in [0.25, 0.3) is 0 Å². The van der Waals surface area contributed by atoms with Crippen LogP contribution < -0.4 is 5.62 Å². The first-order valence-electron chi connectivity index (χ1n) is 6.63. The molecule has 5 nitrogen and oxygen atoms in total. The lowest BCUT2D eigenvalue weighted by atomic mass is 10.3. The highest BCUT2D eigenvalue weighted by atomic mass is 35.5. The third kappa shape index (κ3) is 3.37. The zero-order valence-corrected chi connectivity index (χ0v) is 13.1. The van der Waals surface area contributed by atoms with Crippen molar-refractivity contribution in [3.8, 4) is 0 Å². The Balaban J connectivity index is 1.78. The van der Waals surface area contributed by atoms with E-state index in [2.05, 4.69) is 9.97 Å². The standard InChI is InChI=1S/C15H13Cl2N5/c16-13-3-1-11(7-19-13)9-21-5-6-22(15(21)18)10-12-2-4-14(17)20-8-12/h1-8,18H,9-10H2. The number of aromatic nitrogens is 4. The summed E-state index contributed by atoms with van der Waals surface area (Å²) in [7, 11) is 0. The summed E-state index contributed by atoms with van der Waals surface area (Å²) in [4.78, 5) is 8.10. The summed E-state index contributed by atoms with van der Waals surface area (Å²) >= 11 is 11.6. The number of nitrogens with one attached hydrogen (secondary N) is 1. The molecule has 0 atom stereocenters. The van der Waals surface area contributed by atoms with E-state index in [9.17, 15) is 0 Å². The highest BCUT2D eigenvalue weighted by Crippen LogP contribution is 2.08. The van der Waals surface area contributed by atoms with E-state index >= 15 is 0 Å². The molecule has 0 fully saturated rings. The zero-order valence-electron chi connectivity index (χ0n) is 11.6. The Morgan fingerprint density at radius 1 is 0.818 bits per heavy atom. The first kappa shape index (κ1) is 14.8. The van der Waals surface area contributed by atoms with Crippen LogP contribution in [0.25, 0.3) is 0 Å². The van der Waals surface area contributed by atoms with Crippen molar-refractivity contribution in [1.29, 1.82) is 5.41 Å². The molecule has 3 heterocycles. The van der Waals surface area contributed by atoms with Crippen molar-refractivity contribution >= 4 is 23.2 Å². The summed E-state index contributed by atoms with van der Waals surface area (Å²) in [5.74, 6) is 0. The number of nitrogens with zero attached hydrogens (tertiary/aromatic N) is 4. The zero-order chi connectivity index (χ0) is 15.5. The van der Waals surface area contributed by atoms with E-state index in [0.29, 0.717) is 29.0 Å². The van der Waals surface area contributed by atoms with Crippen molar-refractivity contribution in [1.82, 2.24) is 19.1 Å². The van der Waals surface area contributed by atoms with Crippen LogP contribution in [0.5, 0.6) is 0 Å². The minimum atomic E-state index is 0.407. The average molecular weight is 334 g/mol. The maximum atomic E-state index is 8.24. The molecule has 0 unspecified atom stereocenters. The summed E-state index contributed by atoms with van der Waals surface area (Å²) in [5, 5.41) is 9.17. The molecule has 0 aliphatic heterocycles. The van der Waals surface area contributed by atoms with Crippen LogP contribution in [-0.2, 0) is 13.1 Å². The predicted molar refractivity (Wildman–Crippen MR) is 85.0 cm³/mol. The second-order valence-electron chi connectivity index (χ2n) is 4.86. The van der Waals surface area contributed by atoms with Gasteiger partial charge in [-0.05, 0) is 23.3 Å². The van der Waals surface area contributed by atoms with Crippen LogP contribution in [0.3, 0.4) is 0 Å². The van der Waals surface area contributed by atoms with Crippen LogP contribution in [0, 0.1) is 5.41 Å². The number of hydrogen-bond donors (Lipinski definition) is 1. The third-order valence-corrected chi connectivity index (χ3v) is 3.70. The molecule has 3 aromatic heterocycles. The van der Waals surface area contributed by atoms with Gasteiger partial charge in [-0.25, -0.2) is 9.97 Å². The Morgan fingerprint density at radius 3 is 1.64 bits per heavy atom. The number of imidazole rings is 1. The summed E-state index contributed by atoms with van der Waals surface area (Å²) in [6.45, 7) is 1.16. The van der Waals surface area contributed by atoms with Crippen molar-refractivity contribution < 1.29 is 0 Å². The van der Waals surface area contributed by atoms with Crippen molar-refractivity contribution in [3.63, 3.8) is 0 Å². The first-order chi connectivity index (χ1) is 10.6. The Labute approximate surface area is 137 Å². The van der Waals surface area contributed by atoms with E-state index in [1.165, 1.54) is 0 Å². The Hall–Kier alpha value is -2.11. The largest absolute Gasteiger partial charge is 0.313 e. The van der Waals surface area contributed by atoms with E-state index < -0.39 is 0 Å². The van der Waals surface area contributed by atoms with Crippen LogP contribution >= 0.6 is 23.2 Å². The third-order valence-electron chi connectivity index (χ3n) is 3.25. The van der Waals surface area contributed by atoms with Crippen LogP contribution in [0.4, 0.5) is 0 Å². The molecule has 0 spiro atoms. The molecule has 0 aliphatic carbocycles. The smallest absolute Gasteiger partial charge is 0.202 e. The highest BCUT2D eigenvalue weighted by molar-refractivity contribution is 6.29. The fourth-order valence-corrected chi connectivity index (χ4v) is 2.34. The Bertz CT molecular complexity index is 750. The van der Waals surface area contributed by atoms with E-state index in [1.54, 1.807) is 24.5 Å². The fourth-order valence-electron chi connectivity index (χ4n) is 2.12. The number of rotatable bonds is 4. The minimum absolute atomic E-state index is 0.407. The molecule has 0 radical (unpaired) electrons. The summed E-state index contributed by atoms with van der Waals surface area (Å²) in [5.41, 5.74) is 2.40. The van der Waals surface area contributed by atoms with E-state index in [1.807, 2.05) is 33.7 Å². The minimum Gasteiger partial charge on any atom is -0.313 e. The van der Waals surface area contributed by atoms with E-state index in [-0.39, 0.29) is 0 Å². The maximum absolute atomic E-state index is 8.24. The molecule has 3 rings (SSSR count). The van der Waals surface area contributed by atoms with Gasteiger partial charge in [0.15, 0.2) is 0 Å². The van der Waals surface area contributed by atoms with Crippen molar-refractivity contribution in [3.05, 3.63) is 76.1 Å². The topological polar surface area (TPSA) is 59.5 Å². The van der Waals surface area contributed by atoms with Crippen LogP contribution in [0.1, 0.15) is 11.1 Å². The lowest BCUT2D eigenvalue weighted by Gasteiger charge is -2.05. The number of hydrogen-bond acceptors (Lipinski definition) is 3. The van der Waals surface area contributed by atoms with Crippen LogP contribution in [0.2, 0.25) is 10.3 Å². The molecule has 1 N–H and O–H groups in total. The Kier molecular flexibility index (Phi) is 4.27. The van der Waals surface area contributed by atoms with Crippen LogP contribution in [-0.4, -0.2) is 19.1 Å². The molecule has 0 bridgehead atoms. The number of halogens is 2. The van der Waals surface area contributed by atoms with Gasteiger partial charge in [-0.2, -0.15) is 0 Å². The normalized spacial score (nSPS) is 10.8. The molecule has 7 heteroatoms. The molecule has 112 valence electrons. The monoisotopic (exact) mass is 333 g/mol.